The quantitative estimate of drug-likeness (QED) is 0.177. The molecule has 5 N–H and O–H groups in total. The highest BCUT2D eigenvalue weighted by Gasteiger charge is 2.69. The maximum atomic E-state index is 14.4. The molecule has 0 saturated heterocycles. The lowest BCUT2D eigenvalue weighted by Gasteiger charge is -2.71. The molecular weight excluding hydrogens is 576 g/mol. The Morgan fingerprint density at radius 1 is 0.870 bits per heavy atom. The van der Waals surface area contributed by atoms with Crippen LogP contribution in [0.15, 0.2) is 29.8 Å². The number of aromatic hydroxyl groups is 2. The smallest absolute Gasteiger partial charge is 0.255 e. The van der Waals surface area contributed by atoms with E-state index in [1.54, 1.807) is 5.57 Å². The van der Waals surface area contributed by atoms with Crippen molar-refractivity contribution in [3.05, 3.63) is 35.4 Å². The van der Waals surface area contributed by atoms with Crippen LogP contribution in [0.4, 0.5) is 0 Å². The Kier molecular flexibility index (Phi) is 8.18. The molecule has 0 aromatic heterocycles. The molecule has 1 aromatic carbocycles. The average Bonchev–Trinajstić information content (AvgIpc) is 2.99. The minimum Gasteiger partial charge on any atom is -0.508 e. The molecule has 46 heavy (non-hydrogen) atoms. The number of phenols is 2. The molecule has 10 atom stereocenters. The van der Waals surface area contributed by atoms with E-state index in [1.165, 1.54) is 18.6 Å². The second-order valence-electron chi connectivity index (χ2n) is 17.4. The van der Waals surface area contributed by atoms with E-state index in [-0.39, 0.29) is 63.2 Å². The first kappa shape index (κ1) is 33.4. The molecular formula is C39H58N2O5. The number of hydrogen-bond donors (Lipinski definition) is 5. The zero-order chi connectivity index (χ0) is 33.4. The second-order valence-corrected chi connectivity index (χ2v) is 17.4. The summed E-state index contributed by atoms with van der Waals surface area (Å²) in [7, 11) is 0. The number of carbonyl (C=O) groups is 2. The van der Waals surface area contributed by atoms with Crippen LogP contribution in [0.2, 0.25) is 0 Å². The van der Waals surface area contributed by atoms with Crippen LogP contribution in [0.25, 0.3) is 0 Å². The monoisotopic (exact) mass is 634 g/mol. The van der Waals surface area contributed by atoms with Gasteiger partial charge in [-0.05, 0) is 121 Å². The molecule has 0 bridgehead atoms. The standard InChI is InChI=1S/C39H58N2O5/c1-23-12-17-39(34(46)41-21-20-40-33(45)26-9-8-25(42)22-28(26)43)19-18-37(6)27(32(39)24(23)2)10-11-30-36(5)15-14-31(44)35(3,4)29(36)13-16-38(30,37)7/h8-10,22-24,29-32,42-44H,11-21H2,1-7H3,(H,40,45)(H,41,46)/t23-,24+,29+,30-,31+,32+,36+,37-,38-,39+/m1/s1. The zero-order valence-corrected chi connectivity index (χ0v) is 29.2. The molecule has 254 valence electrons. The molecule has 0 heterocycles. The van der Waals surface area contributed by atoms with Crippen LogP contribution in [-0.4, -0.2) is 46.3 Å². The van der Waals surface area contributed by atoms with E-state index >= 15 is 0 Å². The largest absolute Gasteiger partial charge is 0.508 e. The number of amides is 2. The van der Waals surface area contributed by atoms with Crippen molar-refractivity contribution >= 4 is 11.8 Å². The van der Waals surface area contributed by atoms with Crippen molar-refractivity contribution in [3.8, 4) is 11.5 Å². The fourth-order valence-corrected chi connectivity index (χ4v) is 12.2. The molecule has 5 aliphatic rings. The van der Waals surface area contributed by atoms with Gasteiger partial charge in [-0.25, -0.2) is 0 Å². The van der Waals surface area contributed by atoms with Gasteiger partial charge in [0.1, 0.15) is 11.5 Å². The maximum Gasteiger partial charge on any atom is 0.255 e. The molecule has 5 aliphatic carbocycles. The van der Waals surface area contributed by atoms with Crippen LogP contribution < -0.4 is 10.6 Å². The summed E-state index contributed by atoms with van der Waals surface area (Å²) in [4.78, 5) is 27.0. The third kappa shape index (κ3) is 4.68. The first-order chi connectivity index (χ1) is 21.5. The number of aliphatic hydroxyl groups is 1. The highest BCUT2D eigenvalue weighted by molar-refractivity contribution is 5.97. The number of allylic oxidation sites excluding steroid dienone is 2. The van der Waals surface area contributed by atoms with Crippen molar-refractivity contribution in [2.24, 2.45) is 56.7 Å². The van der Waals surface area contributed by atoms with E-state index in [4.69, 9.17) is 0 Å². The molecule has 7 nitrogen and oxygen atoms in total. The summed E-state index contributed by atoms with van der Waals surface area (Å²) in [5.74, 6) is 1.53. The normalized spacial score (nSPS) is 42.7. The lowest BCUT2D eigenvalue weighted by atomic mass is 9.33. The summed E-state index contributed by atoms with van der Waals surface area (Å²) in [6.07, 6.45) is 11.6. The van der Waals surface area contributed by atoms with E-state index in [9.17, 15) is 24.9 Å². The SMILES string of the molecule is C[C@H]1[C@H](C)CC[C@]2(C(=O)NCCNC(=O)c3ccc(O)cc3O)CC[C@]3(C)C(=CC[C@@H]4[C@@]5(C)CC[C@H](O)C(C)(C)[C@@H]5CC[C@]43C)[C@H]12. The summed E-state index contributed by atoms with van der Waals surface area (Å²) in [6.45, 7) is 17.6. The van der Waals surface area contributed by atoms with Gasteiger partial charge in [0.2, 0.25) is 5.91 Å². The topological polar surface area (TPSA) is 119 Å². The van der Waals surface area contributed by atoms with E-state index in [1.807, 2.05) is 0 Å². The first-order valence-electron chi connectivity index (χ1n) is 18.0. The predicted molar refractivity (Wildman–Crippen MR) is 180 cm³/mol. The second kappa shape index (κ2) is 11.3. The molecule has 7 heteroatoms. The average molecular weight is 635 g/mol. The number of fused-ring (bicyclic) bond motifs is 7. The molecule has 4 fully saturated rings. The number of nitrogens with one attached hydrogen (secondary N) is 2. The Morgan fingerprint density at radius 3 is 2.30 bits per heavy atom. The maximum absolute atomic E-state index is 14.4. The van der Waals surface area contributed by atoms with Crippen molar-refractivity contribution < 1.29 is 24.9 Å². The van der Waals surface area contributed by atoms with Crippen LogP contribution in [0, 0.1) is 56.7 Å². The third-order valence-corrected chi connectivity index (χ3v) is 15.3. The van der Waals surface area contributed by atoms with Gasteiger partial charge in [-0.2, -0.15) is 0 Å². The molecule has 0 spiro atoms. The van der Waals surface area contributed by atoms with E-state index < -0.39 is 11.3 Å². The van der Waals surface area contributed by atoms with Crippen LogP contribution in [-0.2, 0) is 4.79 Å². The number of hydrogen-bond acceptors (Lipinski definition) is 5. The number of rotatable bonds is 5. The Balaban J connectivity index is 1.24. The minimum atomic E-state index is -0.447. The van der Waals surface area contributed by atoms with E-state index in [2.05, 4.69) is 65.2 Å². The summed E-state index contributed by atoms with van der Waals surface area (Å²) in [5, 5.41) is 36.7. The van der Waals surface area contributed by atoms with Gasteiger partial charge >= 0.3 is 0 Å². The Hall–Kier alpha value is -2.54. The molecule has 1 aromatic rings. The molecule has 0 aliphatic heterocycles. The lowest BCUT2D eigenvalue weighted by molar-refractivity contribution is -0.204. The number of benzene rings is 1. The summed E-state index contributed by atoms with van der Waals surface area (Å²) >= 11 is 0. The molecule has 2 amide bonds. The van der Waals surface area contributed by atoms with Gasteiger partial charge in [0.05, 0.1) is 17.1 Å². The Labute approximate surface area is 276 Å². The molecule has 0 radical (unpaired) electrons. The summed E-state index contributed by atoms with van der Waals surface area (Å²) in [5.41, 5.74) is 1.49. The molecule has 0 unspecified atom stereocenters. The fraction of sp³-hybridized carbons (Fsp3) is 0.744. The first-order valence-corrected chi connectivity index (χ1v) is 18.0. The van der Waals surface area contributed by atoms with Crippen molar-refractivity contribution in [2.75, 3.05) is 13.1 Å². The van der Waals surface area contributed by atoms with Gasteiger partial charge in [-0.1, -0.05) is 60.1 Å². The predicted octanol–water partition coefficient (Wildman–Crippen LogP) is 6.96. The number of aliphatic hydroxyl groups excluding tert-OH is 1. The number of carbonyl (C=O) groups excluding carboxylic acids is 2. The van der Waals surface area contributed by atoms with Gasteiger partial charge in [0.15, 0.2) is 0 Å². The zero-order valence-electron chi connectivity index (χ0n) is 29.2. The van der Waals surface area contributed by atoms with Crippen molar-refractivity contribution in [1.29, 1.82) is 0 Å². The van der Waals surface area contributed by atoms with Crippen LogP contribution in [0.5, 0.6) is 11.5 Å². The van der Waals surface area contributed by atoms with Crippen molar-refractivity contribution in [2.45, 2.75) is 112 Å². The Morgan fingerprint density at radius 2 is 1.59 bits per heavy atom. The van der Waals surface area contributed by atoms with Crippen LogP contribution >= 0.6 is 0 Å². The number of phenolic OH excluding ortho intramolecular Hbond substituents is 2. The van der Waals surface area contributed by atoms with Crippen molar-refractivity contribution in [3.63, 3.8) is 0 Å². The van der Waals surface area contributed by atoms with Crippen LogP contribution in [0.3, 0.4) is 0 Å². The third-order valence-electron chi connectivity index (χ3n) is 15.3. The highest BCUT2D eigenvalue weighted by atomic mass is 16.3. The minimum absolute atomic E-state index is 0.0317. The van der Waals surface area contributed by atoms with E-state index in [0.29, 0.717) is 30.2 Å². The highest BCUT2D eigenvalue weighted by Crippen LogP contribution is 2.75. The van der Waals surface area contributed by atoms with Gasteiger partial charge in [-0.15, -0.1) is 0 Å². The van der Waals surface area contributed by atoms with Gasteiger partial charge < -0.3 is 26.0 Å². The molecule has 4 saturated carbocycles. The van der Waals surface area contributed by atoms with Gasteiger partial charge in [0.25, 0.3) is 5.91 Å². The van der Waals surface area contributed by atoms with E-state index in [0.717, 1.165) is 57.4 Å². The van der Waals surface area contributed by atoms with Crippen molar-refractivity contribution in [1.82, 2.24) is 10.6 Å². The summed E-state index contributed by atoms with van der Waals surface area (Å²) in [6, 6.07) is 3.90. The lowest BCUT2D eigenvalue weighted by Crippen LogP contribution is -2.66. The van der Waals surface area contributed by atoms with Crippen LogP contribution in [0.1, 0.15) is 117 Å². The summed E-state index contributed by atoms with van der Waals surface area (Å²) < 4.78 is 0. The fourth-order valence-electron chi connectivity index (χ4n) is 12.2. The van der Waals surface area contributed by atoms with Gasteiger partial charge in [0, 0.05) is 19.2 Å². The molecule has 6 rings (SSSR count). The Bertz CT molecular complexity index is 1420. The van der Waals surface area contributed by atoms with Gasteiger partial charge in [-0.3, -0.25) is 9.59 Å².